The van der Waals surface area contributed by atoms with Gasteiger partial charge in [-0.1, -0.05) is 24.6 Å². The van der Waals surface area contributed by atoms with E-state index in [0.717, 1.165) is 48.5 Å². The lowest BCUT2D eigenvalue weighted by Gasteiger charge is -2.22. The molecule has 2 aromatic rings. The Morgan fingerprint density at radius 2 is 2.16 bits per heavy atom. The highest BCUT2D eigenvalue weighted by atomic mass is 127. The summed E-state index contributed by atoms with van der Waals surface area (Å²) in [6, 6.07) is 10.1. The normalized spacial score (nSPS) is 20.5. The van der Waals surface area contributed by atoms with Gasteiger partial charge in [0.1, 0.15) is 11.3 Å². The summed E-state index contributed by atoms with van der Waals surface area (Å²) >= 11 is 0. The highest BCUT2D eigenvalue weighted by molar-refractivity contribution is 14.0. The highest BCUT2D eigenvalue weighted by Crippen LogP contribution is 2.25. The van der Waals surface area contributed by atoms with Gasteiger partial charge in [-0.2, -0.15) is 0 Å². The monoisotopic (exact) mass is 457 g/mol. The Kier molecular flexibility index (Phi) is 7.56. The summed E-state index contributed by atoms with van der Waals surface area (Å²) in [4.78, 5) is 6.80. The third-order valence-electron chi connectivity index (χ3n) is 4.66. The summed E-state index contributed by atoms with van der Waals surface area (Å²) in [7, 11) is 2.01. The molecule has 2 atom stereocenters. The largest absolute Gasteiger partial charge is 0.459 e. The third kappa shape index (κ3) is 5.10. The van der Waals surface area contributed by atoms with Crippen LogP contribution in [0.25, 0.3) is 11.0 Å². The number of fused-ring (bicyclic) bond motifs is 1. The predicted octanol–water partition coefficient (Wildman–Crippen LogP) is 3.61. The lowest BCUT2D eigenvalue weighted by atomic mass is 10.1. The first-order valence-electron chi connectivity index (χ1n) is 8.82. The molecular formula is C19H28IN3O2. The third-order valence-corrected chi connectivity index (χ3v) is 4.66. The standard InChI is InChI=1S/C19H27N3O2.HI/c1-3-20-19(21-12-15-8-6-9-17(15)23)22(2)13-16-11-14-7-4-5-10-18(14)24-16;/h4-5,7,10-11,15,17,23H,3,6,8-9,12-13H2,1-2H3,(H,20,21);1H. The van der Waals surface area contributed by atoms with Crippen LogP contribution in [-0.2, 0) is 6.54 Å². The fourth-order valence-electron chi connectivity index (χ4n) is 3.33. The molecule has 5 nitrogen and oxygen atoms in total. The Labute approximate surface area is 166 Å². The molecule has 0 aliphatic heterocycles. The lowest BCUT2D eigenvalue weighted by molar-refractivity contribution is 0.136. The van der Waals surface area contributed by atoms with Crippen molar-refractivity contribution >= 4 is 40.9 Å². The van der Waals surface area contributed by atoms with Gasteiger partial charge in [-0.15, -0.1) is 24.0 Å². The minimum absolute atomic E-state index is 0. The molecule has 1 fully saturated rings. The molecule has 1 saturated carbocycles. The van der Waals surface area contributed by atoms with Crippen LogP contribution in [-0.4, -0.2) is 42.2 Å². The minimum atomic E-state index is -0.197. The van der Waals surface area contributed by atoms with Gasteiger partial charge >= 0.3 is 0 Å². The van der Waals surface area contributed by atoms with Gasteiger partial charge in [-0.05, 0) is 31.9 Å². The van der Waals surface area contributed by atoms with Crippen molar-refractivity contribution in [2.75, 3.05) is 20.1 Å². The van der Waals surface area contributed by atoms with Gasteiger partial charge < -0.3 is 19.7 Å². The van der Waals surface area contributed by atoms with E-state index >= 15 is 0 Å². The molecule has 138 valence electrons. The predicted molar refractivity (Wildman–Crippen MR) is 112 cm³/mol. The van der Waals surface area contributed by atoms with Crippen LogP contribution in [0.3, 0.4) is 0 Å². The van der Waals surface area contributed by atoms with Crippen molar-refractivity contribution in [3.63, 3.8) is 0 Å². The van der Waals surface area contributed by atoms with E-state index in [9.17, 15) is 5.11 Å². The van der Waals surface area contributed by atoms with E-state index < -0.39 is 0 Å². The zero-order chi connectivity index (χ0) is 16.9. The summed E-state index contributed by atoms with van der Waals surface area (Å²) < 4.78 is 5.90. The average Bonchev–Trinajstić information content (AvgIpc) is 3.16. The molecule has 0 amide bonds. The van der Waals surface area contributed by atoms with Crippen molar-refractivity contribution in [2.45, 2.75) is 38.8 Å². The summed E-state index contributed by atoms with van der Waals surface area (Å²) in [6.45, 7) is 4.22. The van der Waals surface area contributed by atoms with Crippen molar-refractivity contribution in [3.8, 4) is 0 Å². The number of aliphatic imine (C=N–C) groups is 1. The molecule has 0 saturated heterocycles. The molecule has 1 aromatic heterocycles. The van der Waals surface area contributed by atoms with Crippen LogP contribution >= 0.6 is 24.0 Å². The first-order chi connectivity index (χ1) is 11.7. The van der Waals surface area contributed by atoms with Crippen LogP contribution in [0.4, 0.5) is 0 Å². The Hall–Kier alpha value is -1.28. The number of para-hydroxylation sites is 1. The van der Waals surface area contributed by atoms with E-state index in [1.807, 2.05) is 25.2 Å². The molecule has 3 rings (SSSR count). The summed E-state index contributed by atoms with van der Waals surface area (Å²) in [5.41, 5.74) is 0.914. The second-order valence-corrected chi connectivity index (χ2v) is 6.56. The van der Waals surface area contributed by atoms with E-state index in [4.69, 9.17) is 9.41 Å². The van der Waals surface area contributed by atoms with Crippen molar-refractivity contribution in [1.29, 1.82) is 0 Å². The first-order valence-corrected chi connectivity index (χ1v) is 8.82. The fourth-order valence-corrected chi connectivity index (χ4v) is 3.33. The number of hydrogen-bond donors (Lipinski definition) is 2. The quantitative estimate of drug-likeness (QED) is 0.409. The number of aliphatic hydroxyl groups is 1. The van der Waals surface area contributed by atoms with Crippen molar-refractivity contribution in [3.05, 3.63) is 36.1 Å². The second kappa shape index (κ2) is 9.43. The lowest BCUT2D eigenvalue weighted by Crippen LogP contribution is -2.39. The first kappa shape index (κ1) is 20.0. The number of hydrogen-bond acceptors (Lipinski definition) is 3. The maximum absolute atomic E-state index is 9.97. The van der Waals surface area contributed by atoms with Crippen LogP contribution in [0, 0.1) is 5.92 Å². The van der Waals surface area contributed by atoms with Crippen LogP contribution in [0.15, 0.2) is 39.7 Å². The molecule has 0 radical (unpaired) electrons. The SMILES string of the molecule is CCNC(=NCC1CCCC1O)N(C)Cc1cc2ccccc2o1.I. The van der Waals surface area contributed by atoms with Gasteiger partial charge in [0.15, 0.2) is 5.96 Å². The van der Waals surface area contributed by atoms with Crippen LogP contribution in [0.5, 0.6) is 0 Å². The number of guanidine groups is 1. The van der Waals surface area contributed by atoms with Crippen LogP contribution in [0.2, 0.25) is 0 Å². The smallest absolute Gasteiger partial charge is 0.194 e. The molecule has 2 N–H and O–H groups in total. The maximum Gasteiger partial charge on any atom is 0.194 e. The minimum Gasteiger partial charge on any atom is -0.459 e. The molecule has 0 bridgehead atoms. The number of benzene rings is 1. The zero-order valence-electron chi connectivity index (χ0n) is 14.9. The zero-order valence-corrected chi connectivity index (χ0v) is 17.3. The average molecular weight is 457 g/mol. The van der Waals surface area contributed by atoms with Gasteiger partial charge in [0, 0.05) is 31.4 Å². The maximum atomic E-state index is 9.97. The summed E-state index contributed by atoms with van der Waals surface area (Å²) in [6.07, 6.45) is 2.88. The Morgan fingerprint density at radius 1 is 1.36 bits per heavy atom. The number of furan rings is 1. The topological polar surface area (TPSA) is 61.0 Å². The van der Waals surface area contributed by atoms with E-state index in [0.29, 0.717) is 19.0 Å². The van der Waals surface area contributed by atoms with Crippen molar-refractivity contribution in [1.82, 2.24) is 10.2 Å². The van der Waals surface area contributed by atoms with E-state index in [2.05, 4.69) is 29.3 Å². The second-order valence-electron chi connectivity index (χ2n) is 6.56. The number of nitrogens with zero attached hydrogens (tertiary/aromatic N) is 2. The Bertz CT molecular complexity index is 668. The van der Waals surface area contributed by atoms with Crippen molar-refractivity contribution in [2.24, 2.45) is 10.9 Å². The molecule has 25 heavy (non-hydrogen) atoms. The molecular weight excluding hydrogens is 429 g/mol. The molecule has 1 heterocycles. The molecule has 1 aliphatic carbocycles. The van der Waals surface area contributed by atoms with E-state index in [1.165, 1.54) is 0 Å². The van der Waals surface area contributed by atoms with Crippen LogP contribution in [0.1, 0.15) is 31.9 Å². The van der Waals surface area contributed by atoms with Gasteiger partial charge in [0.25, 0.3) is 0 Å². The van der Waals surface area contributed by atoms with E-state index in [1.54, 1.807) is 0 Å². The Balaban J connectivity index is 0.00000225. The molecule has 6 heteroatoms. The summed E-state index contributed by atoms with van der Waals surface area (Å²) in [5.74, 6) is 2.07. The van der Waals surface area contributed by atoms with Gasteiger partial charge in [0.05, 0.1) is 12.6 Å². The number of halogens is 1. The van der Waals surface area contributed by atoms with Crippen molar-refractivity contribution < 1.29 is 9.52 Å². The van der Waals surface area contributed by atoms with Gasteiger partial charge in [-0.25, -0.2) is 0 Å². The fraction of sp³-hybridized carbons (Fsp3) is 0.526. The highest BCUT2D eigenvalue weighted by Gasteiger charge is 2.25. The number of rotatable bonds is 5. The Morgan fingerprint density at radius 3 is 2.84 bits per heavy atom. The number of aliphatic hydroxyl groups excluding tert-OH is 1. The van der Waals surface area contributed by atoms with Crippen LogP contribution < -0.4 is 5.32 Å². The van der Waals surface area contributed by atoms with E-state index in [-0.39, 0.29) is 30.1 Å². The molecule has 1 aromatic carbocycles. The summed E-state index contributed by atoms with van der Waals surface area (Å²) in [5, 5.41) is 14.4. The molecule has 0 spiro atoms. The van der Waals surface area contributed by atoms with Gasteiger partial charge in [-0.3, -0.25) is 4.99 Å². The molecule has 1 aliphatic rings. The molecule has 2 unspecified atom stereocenters. The van der Waals surface area contributed by atoms with Gasteiger partial charge in [0.2, 0.25) is 0 Å². The number of nitrogens with one attached hydrogen (secondary N) is 1.